The van der Waals surface area contributed by atoms with Gasteiger partial charge in [-0.05, 0) is 17.7 Å². The summed E-state index contributed by atoms with van der Waals surface area (Å²) in [5, 5.41) is 1.65. The zero-order chi connectivity index (χ0) is 21.4. The summed E-state index contributed by atoms with van der Waals surface area (Å²) in [5.74, 6) is -0.120. The number of likely N-dealkylation sites (N-methyl/N-ethyl adjacent to an activating group) is 1. The zero-order valence-corrected chi connectivity index (χ0v) is 17.3. The smallest absolute Gasteiger partial charge is 0.258 e. The Bertz CT molecular complexity index is 1090. The molecule has 1 spiro atoms. The van der Waals surface area contributed by atoms with Gasteiger partial charge in [0.2, 0.25) is 0 Å². The van der Waals surface area contributed by atoms with Gasteiger partial charge in [0.15, 0.2) is 11.4 Å². The molecule has 2 heterocycles. The Hall–Kier alpha value is -3.44. The van der Waals surface area contributed by atoms with E-state index in [4.69, 9.17) is 4.84 Å². The molecule has 3 atom stereocenters. The highest BCUT2D eigenvalue weighted by Crippen LogP contribution is 2.48. The highest BCUT2D eigenvalue weighted by Gasteiger charge is 2.60. The first-order valence-electron chi connectivity index (χ1n) is 10.5. The van der Waals surface area contributed by atoms with Gasteiger partial charge in [-0.3, -0.25) is 14.4 Å². The molecule has 5 heteroatoms. The summed E-state index contributed by atoms with van der Waals surface area (Å²) in [7, 11) is 1.82. The van der Waals surface area contributed by atoms with E-state index in [0.29, 0.717) is 18.4 Å². The van der Waals surface area contributed by atoms with Crippen LogP contribution in [0.1, 0.15) is 34.8 Å². The van der Waals surface area contributed by atoms with Crippen LogP contribution in [0.4, 0.5) is 5.69 Å². The number of hydroxylamine groups is 1. The molecule has 3 aromatic carbocycles. The molecule has 0 radical (unpaired) electrons. The molecule has 2 fully saturated rings. The number of Topliss-reactive ketones (excluding diaryl/α,β-unsaturated/α-hetero) is 1. The third kappa shape index (κ3) is 3.31. The SMILES string of the molecule is CN1C(=O)[C@]2(C[C@@H]1c1ccccc1)C[C@@H](C(=O)c1ccccc1)N(c1ccccc1)O2. The first-order chi connectivity index (χ1) is 15.1. The average molecular weight is 412 g/mol. The Kier molecular flexibility index (Phi) is 4.83. The lowest BCUT2D eigenvalue weighted by Gasteiger charge is -2.25. The summed E-state index contributed by atoms with van der Waals surface area (Å²) < 4.78 is 0. The van der Waals surface area contributed by atoms with Crippen LogP contribution in [0.3, 0.4) is 0 Å². The zero-order valence-electron chi connectivity index (χ0n) is 17.3. The number of para-hydroxylation sites is 1. The van der Waals surface area contributed by atoms with Gasteiger partial charge in [-0.2, -0.15) is 0 Å². The molecule has 1 amide bonds. The standard InChI is InChI=1S/C26H24N2O3/c1-27-22(19-11-5-2-6-12-19)17-26(25(27)30)18-23(24(29)20-13-7-3-8-14-20)28(31-26)21-15-9-4-10-16-21/h2-16,22-23H,17-18H2,1H3/t22-,23+,26+/m1/s1. The van der Waals surface area contributed by atoms with E-state index in [0.717, 1.165) is 11.3 Å². The predicted octanol–water partition coefficient (Wildman–Crippen LogP) is 4.42. The number of nitrogens with zero attached hydrogens (tertiary/aromatic N) is 2. The van der Waals surface area contributed by atoms with Gasteiger partial charge in [0.05, 0.1) is 11.7 Å². The van der Waals surface area contributed by atoms with Gasteiger partial charge in [0.25, 0.3) is 5.91 Å². The van der Waals surface area contributed by atoms with Gasteiger partial charge in [-0.1, -0.05) is 78.9 Å². The molecule has 0 saturated carbocycles. The minimum Gasteiger partial charge on any atom is -0.336 e. The number of likely N-dealkylation sites (tertiary alicyclic amines) is 1. The van der Waals surface area contributed by atoms with Gasteiger partial charge in [0.1, 0.15) is 6.04 Å². The van der Waals surface area contributed by atoms with E-state index in [2.05, 4.69) is 0 Å². The molecule has 2 saturated heterocycles. The maximum atomic E-state index is 13.5. The Balaban J connectivity index is 1.52. The van der Waals surface area contributed by atoms with Crippen LogP contribution in [0.15, 0.2) is 91.0 Å². The van der Waals surface area contributed by atoms with Gasteiger partial charge in [-0.15, -0.1) is 0 Å². The van der Waals surface area contributed by atoms with Crippen molar-refractivity contribution < 1.29 is 14.4 Å². The molecule has 0 aromatic heterocycles. The monoisotopic (exact) mass is 412 g/mol. The number of rotatable bonds is 4. The van der Waals surface area contributed by atoms with Crippen molar-refractivity contribution in [2.45, 2.75) is 30.5 Å². The Morgan fingerprint density at radius 2 is 1.45 bits per heavy atom. The van der Waals surface area contributed by atoms with Crippen LogP contribution in [0.2, 0.25) is 0 Å². The Morgan fingerprint density at radius 1 is 0.871 bits per heavy atom. The van der Waals surface area contributed by atoms with E-state index < -0.39 is 11.6 Å². The van der Waals surface area contributed by atoms with Crippen LogP contribution < -0.4 is 5.06 Å². The lowest BCUT2D eigenvalue weighted by Crippen LogP contribution is -2.39. The van der Waals surface area contributed by atoms with E-state index in [1.165, 1.54) is 0 Å². The number of benzene rings is 3. The molecule has 0 bridgehead atoms. The van der Waals surface area contributed by atoms with Gasteiger partial charge < -0.3 is 4.90 Å². The van der Waals surface area contributed by atoms with Crippen molar-refractivity contribution in [3.8, 4) is 0 Å². The fraction of sp³-hybridized carbons (Fsp3) is 0.231. The molecule has 5 rings (SSSR count). The van der Waals surface area contributed by atoms with Gasteiger partial charge >= 0.3 is 0 Å². The van der Waals surface area contributed by atoms with Crippen molar-refractivity contribution in [2.24, 2.45) is 0 Å². The van der Waals surface area contributed by atoms with E-state index in [-0.39, 0.29) is 17.7 Å². The molecular weight excluding hydrogens is 388 g/mol. The number of hydrogen-bond donors (Lipinski definition) is 0. The molecule has 0 N–H and O–H groups in total. The highest BCUT2D eigenvalue weighted by molar-refractivity contribution is 6.03. The number of hydrogen-bond acceptors (Lipinski definition) is 4. The van der Waals surface area contributed by atoms with Crippen molar-refractivity contribution in [1.82, 2.24) is 4.90 Å². The minimum absolute atomic E-state index is 0.0417. The Morgan fingerprint density at radius 3 is 2.10 bits per heavy atom. The van der Waals surface area contributed by atoms with E-state index >= 15 is 0 Å². The topological polar surface area (TPSA) is 49.9 Å². The molecule has 0 unspecified atom stereocenters. The third-order valence-electron chi connectivity index (χ3n) is 6.34. The molecule has 31 heavy (non-hydrogen) atoms. The largest absolute Gasteiger partial charge is 0.336 e. The van der Waals surface area contributed by atoms with Gasteiger partial charge in [-0.25, -0.2) is 5.06 Å². The van der Waals surface area contributed by atoms with Crippen molar-refractivity contribution in [3.05, 3.63) is 102 Å². The first kappa shape index (κ1) is 19.5. The second-order valence-corrected chi connectivity index (χ2v) is 8.24. The highest BCUT2D eigenvalue weighted by atomic mass is 16.7. The molecule has 156 valence electrons. The average Bonchev–Trinajstić information content (AvgIpc) is 3.34. The normalized spacial score (nSPS) is 25.4. The van der Waals surface area contributed by atoms with Crippen LogP contribution >= 0.6 is 0 Å². The third-order valence-corrected chi connectivity index (χ3v) is 6.34. The van der Waals surface area contributed by atoms with Crippen molar-refractivity contribution in [3.63, 3.8) is 0 Å². The Labute approximate surface area is 181 Å². The van der Waals surface area contributed by atoms with Crippen LogP contribution in [-0.2, 0) is 9.63 Å². The van der Waals surface area contributed by atoms with Gasteiger partial charge in [0, 0.05) is 25.5 Å². The van der Waals surface area contributed by atoms with Crippen molar-refractivity contribution >= 4 is 17.4 Å². The molecule has 3 aromatic rings. The van der Waals surface area contributed by atoms with E-state index in [1.807, 2.05) is 98.0 Å². The van der Waals surface area contributed by atoms with Crippen LogP contribution in [0.25, 0.3) is 0 Å². The molecule has 0 aliphatic carbocycles. The molecule has 2 aliphatic rings. The number of ketones is 1. The second kappa shape index (κ2) is 7.67. The lowest BCUT2D eigenvalue weighted by molar-refractivity contribution is -0.144. The number of carbonyl (C=O) groups excluding carboxylic acids is 2. The molecule has 2 aliphatic heterocycles. The van der Waals surface area contributed by atoms with Crippen LogP contribution in [-0.4, -0.2) is 35.3 Å². The number of anilines is 1. The fourth-order valence-corrected chi connectivity index (χ4v) is 4.75. The minimum atomic E-state index is -1.06. The lowest BCUT2D eigenvalue weighted by atomic mass is 9.88. The first-order valence-corrected chi connectivity index (χ1v) is 10.5. The summed E-state index contributed by atoms with van der Waals surface area (Å²) in [5.41, 5.74) is 1.41. The molecular formula is C26H24N2O3. The van der Waals surface area contributed by atoms with E-state index in [1.54, 1.807) is 9.96 Å². The second-order valence-electron chi connectivity index (χ2n) is 8.24. The maximum Gasteiger partial charge on any atom is 0.258 e. The summed E-state index contributed by atoms with van der Waals surface area (Å²) in [6.07, 6.45) is 0.830. The predicted molar refractivity (Wildman–Crippen MR) is 118 cm³/mol. The summed E-state index contributed by atoms with van der Waals surface area (Å²) in [6, 6.07) is 28.1. The van der Waals surface area contributed by atoms with E-state index in [9.17, 15) is 9.59 Å². The number of carbonyl (C=O) groups is 2. The fourth-order valence-electron chi connectivity index (χ4n) is 4.75. The summed E-state index contributed by atoms with van der Waals surface area (Å²) in [4.78, 5) is 35.1. The molecule has 5 nitrogen and oxygen atoms in total. The quantitative estimate of drug-likeness (QED) is 0.595. The van der Waals surface area contributed by atoms with Crippen molar-refractivity contribution in [1.29, 1.82) is 0 Å². The maximum absolute atomic E-state index is 13.5. The summed E-state index contributed by atoms with van der Waals surface area (Å²) in [6.45, 7) is 0. The number of amides is 1. The van der Waals surface area contributed by atoms with Crippen molar-refractivity contribution in [2.75, 3.05) is 12.1 Å². The van der Waals surface area contributed by atoms with Crippen LogP contribution in [0.5, 0.6) is 0 Å². The summed E-state index contributed by atoms with van der Waals surface area (Å²) >= 11 is 0. The van der Waals surface area contributed by atoms with Crippen LogP contribution in [0, 0.1) is 0 Å².